The third-order valence-corrected chi connectivity index (χ3v) is 4.78. The van der Waals surface area contributed by atoms with Crippen molar-refractivity contribution < 1.29 is 0 Å². The van der Waals surface area contributed by atoms with Crippen LogP contribution in [0, 0.1) is 0 Å². The quantitative estimate of drug-likeness (QED) is 0.670. The fraction of sp³-hybridized carbons (Fsp3) is 0.562. The number of hydrogen-bond donors (Lipinski definition) is 1. The van der Waals surface area contributed by atoms with Gasteiger partial charge in [0.05, 0.1) is 6.20 Å². The minimum Gasteiger partial charge on any atom is -0.354 e. The van der Waals surface area contributed by atoms with Crippen LogP contribution in [0.3, 0.4) is 0 Å². The lowest BCUT2D eigenvalue weighted by Crippen LogP contribution is -2.46. The molecule has 1 N–H and O–H groups in total. The molecule has 0 atom stereocenters. The van der Waals surface area contributed by atoms with Crippen LogP contribution in [-0.4, -0.2) is 57.5 Å². The van der Waals surface area contributed by atoms with Gasteiger partial charge in [0.1, 0.15) is 5.82 Å². The van der Waals surface area contributed by atoms with E-state index in [1.165, 1.54) is 11.3 Å². The lowest BCUT2D eigenvalue weighted by molar-refractivity contribution is 0.248. The number of aromatic amines is 1. The fourth-order valence-corrected chi connectivity index (χ4v) is 3.28. The van der Waals surface area contributed by atoms with Crippen molar-refractivity contribution in [3.05, 3.63) is 29.7 Å². The Bertz CT molecular complexity index is 633. The predicted molar refractivity (Wildman–Crippen MR) is 94.0 cm³/mol. The second-order valence-electron chi connectivity index (χ2n) is 6.13. The summed E-state index contributed by atoms with van der Waals surface area (Å²) in [6.45, 7) is 9.46. The number of rotatable bonds is 5. The summed E-state index contributed by atoms with van der Waals surface area (Å²) in [5.41, 5.74) is 2.58. The molecule has 124 valence electrons. The van der Waals surface area contributed by atoms with E-state index >= 15 is 0 Å². The van der Waals surface area contributed by atoms with E-state index in [0.29, 0.717) is 5.92 Å². The minimum absolute atomic E-state index is 0.486. The van der Waals surface area contributed by atoms with Crippen LogP contribution in [0.5, 0.6) is 0 Å². The normalized spacial score (nSPS) is 16.3. The molecule has 0 amide bonds. The van der Waals surface area contributed by atoms with Crippen molar-refractivity contribution in [3.63, 3.8) is 0 Å². The Morgan fingerprint density at radius 2 is 2.04 bits per heavy atom. The number of anilines is 1. The highest BCUT2D eigenvalue weighted by molar-refractivity contribution is 7.98. The van der Waals surface area contributed by atoms with Gasteiger partial charge in [-0.2, -0.15) is 5.10 Å². The zero-order chi connectivity index (χ0) is 16.2. The van der Waals surface area contributed by atoms with E-state index in [4.69, 9.17) is 0 Å². The maximum absolute atomic E-state index is 4.60. The molecule has 1 fully saturated rings. The van der Waals surface area contributed by atoms with Gasteiger partial charge in [-0.25, -0.2) is 9.97 Å². The first-order valence-corrected chi connectivity index (χ1v) is 9.26. The highest BCUT2D eigenvalue weighted by Crippen LogP contribution is 2.20. The monoisotopic (exact) mass is 332 g/mol. The number of nitrogens with zero attached hydrogens (tertiary/aromatic N) is 5. The van der Waals surface area contributed by atoms with Crippen LogP contribution in [0.1, 0.15) is 31.0 Å². The van der Waals surface area contributed by atoms with Crippen LogP contribution in [0.25, 0.3) is 0 Å². The molecule has 0 unspecified atom stereocenters. The molecule has 23 heavy (non-hydrogen) atoms. The second kappa shape index (κ2) is 7.31. The molecule has 2 aromatic rings. The van der Waals surface area contributed by atoms with Crippen molar-refractivity contribution in [2.75, 3.05) is 37.3 Å². The van der Waals surface area contributed by atoms with Crippen LogP contribution in [0.2, 0.25) is 0 Å². The van der Waals surface area contributed by atoms with Gasteiger partial charge >= 0.3 is 0 Å². The number of thioether (sulfide) groups is 1. The maximum atomic E-state index is 4.60. The van der Waals surface area contributed by atoms with E-state index in [2.05, 4.69) is 43.8 Å². The molecule has 0 bridgehead atoms. The van der Waals surface area contributed by atoms with Crippen molar-refractivity contribution in [2.24, 2.45) is 0 Å². The lowest BCUT2D eigenvalue weighted by Gasteiger charge is -2.35. The smallest absolute Gasteiger partial charge is 0.189 e. The first-order valence-electron chi connectivity index (χ1n) is 8.04. The van der Waals surface area contributed by atoms with Gasteiger partial charge in [0.2, 0.25) is 0 Å². The summed E-state index contributed by atoms with van der Waals surface area (Å²) < 4.78 is 0. The van der Waals surface area contributed by atoms with Crippen LogP contribution in [0.15, 0.2) is 23.6 Å². The van der Waals surface area contributed by atoms with Gasteiger partial charge in [-0.3, -0.25) is 10.00 Å². The predicted octanol–water partition coefficient (Wildman–Crippen LogP) is 2.37. The first kappa shape index (κ1) is 16.3. The number of piperazine rings is 1. The van der Waals surface area contributed by atoms with Gasteiger partial charge in [0.15, 0.2) is 5.16 Å². The molecule has 0 saturated carbocycles. The van der Waals surface area contributed by atoms with E-state index in [0.717, 1.165) is 43.7 Å². The van der Waals surface area contributed by atoms with Gasteiger partial charge < -0.3 is 4.90 Å². The molecule has 7 heteroatoms. The topological polar surface area (TPSA) is 60.9 Å². The number of aromatic nitrogens is 4. The molecule has 0 radical (unpaired) electrons. The largest absolute Gasteiger partial charge is 0.354 e. The highest BCUT2D eigenvalue weighted by atomic mass is 32.2. The summed E-state index contributed by atoms with van der Waals surface area (Å²) >= 11 is 1.58. The number of hydrogen-bond acceptors (Lipinski definition) is 6. The Kier molecular flexibility index (Phi) is 5.17. The molecule has 1 saturated heterocycles. The zero-order valence-electron chi connectivity index (χ0n) is 14.0. The third kappa shape index (κ3) is 3.84. The maximum Gasteiger partial charge on any atom is 0.189 e. The average Bonchev–Trinajstić information content (AvgIpc) is 3.04. The molecule has 0 aromatic carbocycles. The van der Waals surface area contributed by atoms with Crippen molar-refractivity contribution in [3.8, 4) is 0 Å². The Morgan fingerprint density at radius 1 is 1.26 bits per heavy atom. The molecule has 0 spiro atoms. The Morgan fingerprint density at radius 3 is 2.74 bits per heavy atom. The first-order chi connectivity index (χ1) is 11.2. The van der Waals surface area contributed by atoms with Crippen molar-refractivity contribution in [2.45, 2.75) is 31.5 Å². The fourth-order valence-electron chi connectivity index (χ4n) is 2.93. The summed E-state index contributed by atoms with van der Waals surface area (Å²) in [5.74, 6) is 1.52. The van der Waals surface area contributed by atoms with E-state index in [9.17, 15) is 0 Å². The van der Waals surface area contributed by atoms with Crippen LogP contribution < -0.4 is 4.90 Å². The summed E-state index contributed by atoms with van der Waals surface area (Å²) in [6, 6.07) is 2.00. The van der Waals surface area contributed by atoms with E-state index < -0.39 is 0 Å². The highest BCUT2D eigenvalue weighted by Gasteiger charge is 2.20. The average molecular weight is 332 g/mol. The molecule has 0 aliphatic carbocycles. The molecule has 2 aromatic heterocycles. The zero-order valence-corrected chi connectivity index (χ0v) is 14.8. The van der Waals surface area contributed by atoms with Crippen LogP contribution >= 0.6 is 11.8 Å². The standard InChI is InChI=1S/C16H24N6S/c1-12(2)15-13(10-18-20-15)11-21-6-8-22(9-7-21)14-4-5-17-16(19-14)23-3/h4-5,10,12H,6-9,11H2,1-3H3,(H,18,20). The van der Waals surface area contributed by atoms with E-state index in [1.807, 2.05) is 24.7 Å². The third-order valence-electron chi connectivity index (χ3n) is 4.22. The molecule has 1 aliphatic heterocycles. The molecular weight excluding hydrogens is 308 g/mol. The summed E-state index contributed by atoms with van der Waals surface area (Å²) in [7, 11) is 0. The van der Waals surface area contributed by atoms with Crippen LogP contribution in [-0.2, 0) is 6.54 Å². The Balaban J connectivity index is 1.59. The lowest BCUT2D eigenvalue weighted by atomic mass is 10.1. The second-order valence-corrected chi connectivity index (χ2v) is 6.90. The molecule has 3 rings (SSSR count). The molecule has 3 heterocycles. The Labute approximate surface area is 141 Å². The molecule has 6 nitrogen and oxygen atoms in total. The summed E-state index contributed by atoms with van der Waals surface area (Å²) in [5, 5.41) is 8.18. The van der Waals surface area contributed by atoms with E-state index in [1.54, 1.807) is 11.8 Å². The van der Waals surface area contributed by atoms with Crippen molar-refractivity contribution >= 4 is 17.6 Å². The number of nitrogens with one attached hydrogen (secondary N) is 1. The molecular formula is C16H24N6S. The molecule has 1 aliphatic rings. The van der Waals surface area contributed by atoms with Gasteiger partial charge in [-0.15, -0.1) is 0 Å². The minimum atomic E-state index is 0.486. The van der Waals surface area contributed by atoms with Gasteiger partial charge in [-0.1, -0.05) is 25.6 Å². The van der Waals surface area contributed by atoms with Gasteiger partial charge in [-0.05, 0) is 18.2 Å². The SMILES string of the molecule is CSc1nccc(N2CCN(Cc3cn[nH]c3C(C)C)CC2)n1. The summed E-state index contributed by atoms with van der Waals surface area (Å²) in [4.78, 5) is 13.7. The van der Waals surface area contributed by atoms with Crippen LogP contribution in [0.4, 0.5) is 5.82 Å². The number of H-pyrrole nitrogens is 1. The van der Waals surface area contributed by atoms with Crippen molar-refractivity contribution in [1.29, 1.82) is 0 Å². The van der Waals surface area contributed by atoms with Gasteiger partial charge in [0, 0.05) is 50.2 Å². The van der Waals surface area contributed by atoms with Crippen molar-refractivity contribution in [1.82, 2.24) is 25.1 Å². The Hall–Kier alpha value is -1.60. The van der Waals surface area contributed by atoms with E-state index in [-0.39, 0.29) is 0 Å². The van der Waals surface area contributed by atoms with Gasteiger partial charge in [0.25, 0.3) is 0 Å². The summed E-state index contributed by atoms with van der Waals surface area (Å²) in [6.07, 6.45) is 5.83.